The van der Waals surface area contributed by atoms with Crippen molar-refractivity contribution in [3.63, 3.8) is 0 Å². The first-order valence-electron chi connectivity index (χ1n) is 9.24. The Balaban J connectivity index is 1.72. The Bertz CT molecular complexity index is 1130. The van der Waals surface area contributed by atoms with Gasteiger partial charge < -0.3 is 15.6 Å². The van der Waals surface area contributed by atoms with E-state index in [1.54, 1.807) is 0 Å². The average molecular weight is 522 g/mol. The minimum Gasteiger partial charge on any atom is -0.382 e. The van der Waals surface area contributed by atoms with Gasteiger partial charge in [-0.3, -0.25) is 9.59 Å². The molecular formula is C19H19IN6O2S. The molecule has 150 valence electrons. The van der Waals surface area contributed by atoms with Crippen molar-refractivity contribution in [2.45, 2.75) is 42.8 Å². The molecule has 1 aliphatic carbocycles. The van der Waals surface area contributed by atoms with Crippen molar-refractivity contribution in [1.82, 2.24) is 24.8 Å². The summed E-state index contributed by atoms with van der Waals surface area (Å²) in [7, 11) is 0. The summed E-state index contributed by atoms with van der Waals surface area (Å²) < 4.78 is 2.95. The van der Waals surface area contributed by atoms with Gasteiger partial charge in [0.2, 0.25) is 5.91 Å². The molecule has 1 aromatic carbocycles. The number of hydrogen-bond donors (Lipinski definition) is 2. The van der Waals surface area contributed by atoms with Gasteiger partial charge >= 0.3 is 0 Å². The number of Topliss-reactive ketones (excluding diaryl/α,β-unsaturated/α-hetero) is 1. The molecule has 3 N–H and O–H groups in total. The molecule has 0 spiro atoms. The molecule has 0 fully saturated rings. The van der Waals surface area contributed by atoms with Crippen molar-refractivity contribution in [3.05, 3.63) is 33.2 Å². The van der Waals surface area contributed by atoms with Crippen LogP contribution in [0.5, 0.6) is 0 Å². The second-order valence-corrected chi connectivity index (χ2v) is 8.82. The summed E-state index contributed by atoms with van der Waals surface area (Å²) in [4.78, 5) is 38.1. The molecule has 8 nitrogen and oxygen atoms in total. The van der Waals surface area contributed by atoms with Crippen molar-refractivity contribution in [1.29, 1.82) is 0 Å². The molecule has 0 aliphatic heterocycles. The number of aromatic nitrogens is 4. The van der Waals surface area contributed by atoms with E-state index < -0.39 is 0 Å². The van der Waals surface area contributed by atoms with Gasteiger partial charge in [0.15, 0.2) is 27.9 Å². The van der Waals surface area contributed by atoms with E-state index in [2.05, 4.69) is 48.9 Å². The number of imidazole rings is 1. The molecule has 0 saturated carbocycles. The first-order valence-corrected chi connectivity index (χ1v) is 11.1. The van der Waals surface area contributed by atoms with E-state index in [1.165, 1.54) is 18.1 Å². The molecule has 2 heterocycles. The minimum absolute atomic E-state index is 0.0370. The molecule has 0 bridgehead atoms. The Morgan fingerprint density at radius 1 is 1.34 bits per heavy atom. The van der Waals surface area contributed by atoms with Crippen molar-refractivity contribution in [3.8, 4) is 0 Å². The van der Waals surface area contributed by atoms with Gasteiger partial charge in [-0.2, -0.15) is 0 Å². The molecule has 2 aromatic heterocycles. The summed E-state index contributed by atoms with van der Waals surface area (Å²) in [5, 5.41) is 3.47. The maximum absolute atomic E-state index is 12.2. The highest BCUT2D eigenvalue weighted by Gasteiger charge is 2.23. The number of amides is 1. The summed E-state index contributed by atoms with van der Waals surface area (Å²) in [6.07, 6.45) is 3.06. The third-order valence-electron chi connectivity index (χ3n) is 4.74. The predicted octanol–water partition coefficient (Wildman–Crippen LogP) is 2.82. The van der Waals surface area contributed by atoms with E-state index in [-0.39, 0.29) is 11.7 Å². The van der Waals surface area contributed by atoms with Crippen LogP contribution in [0.2, 0.25) is 0 Å². The summed E-state index contributed by atoms with van der Waals surface area (Å²) in [6.45, 7) is 2.89. The predicted molar refractivity (Wildman–Crippen MR) is 119 cm³/mol. The zero-order valence-electron chi connectivity index (χ0n) is 15.7. The highest BCUT2D eigenvalue weighted by Crippen LogP contribution is 2.37. The Morgan fingerprint density at radius 2 is 2.17 bits per heavy atom. The van der Waals surface area contributed by atoms with Gasteiger partial charge in [-0.15, -0.1) is 0 Å². The number of rotatable bonds is 6. The highest BCUT2D eigenvalue weighted by atomic mass is 127. The number of carbonyl (C=O) groups is 2. The Hall–Kier alpha value is -2.21. The summed E-state index contributed by atoms with van der Waals surface area (Å²) in [5.74, 6) is 0.440. The van der Waals surface area contributed by atoms with Gasteiger partial charge in [0.25, 0.3) is 0 Å². The molecule has 0 saturated heterocycles. The van der Waals surface area contributed by atoms with Crippen LogP contribution < -0.4 is 11.1 Å². The topological polar surface area (TPSA) is 116 Å². The number of nitrogens with zero attached hydrogens (tertiary/aromatic N) is 4. The Morgan fingerprint density at radius 3 is 2.97 bits per heavy atom. The normalized spacial score (nSPS) is 13.1. The van der Waals surface area contributed by atoms with E-state index in [0.717, 1.165) is 26.0 Å². The molecule has 1 amide bonds. The Kier molecular flexibility index (Phi) is 5.72. The smallest absolute Gasteiger partial charge is 0.221 e. The van der Waals surface area contributed by atoms with Crippen molar-refractivity contribution in [2.75, 3.05) is 12.3 Å². The van der Waals surface area contributed by atoms with Crippen molar-refractivity contribution in [2.24, 2.45) is 0 Å². The standard InChI is InChI=1S/C19H19IN6O2S/c1-2-22-15(28)5-6-26-18-16(17(21)23-9-24-18)25-19(26)29-14-8-11-10(7-12(14)20)3-4-13(11)27/h7-9H,2-6H2,1H3,(H,22,28)(H2,21,23,24). The maximum Gasteiger partial charge on any atom is 0.221 e. The first kappa shape index (κ1) is 20.1. The van der Waals surface area contributed by atoms with Crippen LogP contribution >= 0.6 is 34.4 Å². The van der Waals surface area contributed by atoms with Crippen LogP contribution in [0.4, 0.5) is 5.82 Å². The number of fused-ring (bicyclic) bond motifs is 2. The van der Waals surface area contributed by atoms with Crippen LogP contribution in [0.3, 0.4) is 0 Å². The zero-order chi connectivity index (χ0) is 20.5. The van der Waals surface area contributed by atoms with E-state index >= 15 is 0 Å². The van der Waals surface area contributed by atoms with E-state index in [4.69, 9.17) is 5.73 Å². The van der Waals surface area contributed by atoms with Crippen LogP contribution in [0.15, 0.2) is 28.5 Å². The van der Waals surface area contributed by atoms with Crippen molar-refractivity contribution < 1.29 is 9.59 Å². The summed E-state index contributed by atoms with van der Waals surface area (Å²) >= 11 is 3.73. The fraction of sp³-hybridized carbons (Fsp3) is 0.316. The number of anilines is 1. The molecule has 0 unspecified atom stereocenters. The number of nitrogens with two attached hydrogens (primary N) is 1. The fourth-order valence-corrected chi connectivity index (χ4v) is 5.15. The van der Waals surface area contributed by atoms with Crippen LogP contribution in [-0.4, -0.2) is 37.8 Å². The van der Waals surface area contributed by atoms with Gasteiger partial charge in [0, 0.05) is 40.0 Å². The number of aryl methyl sites for hydroxylation is 2. The maximum atomic E-state index is 12.2. The van der Waals surface area contributed by atoms with Crippen molar-refractivity contribution >= 4 is 63.0 Å². The summed E-state index contributed by atoms with van der Waals surface area (Å²) in [5.41, 5.74) is 8.99. The molecular weight excluding hydrogens is 503 g/mol. The van der Waals surface area contributed by atoms with Crippen LogP contribution in [-0.2, 0) is 17.8 Å². The highest BCUT2D eigenvalue weighted by molar-refractivity contribution is 14.1. The summed E-state index contributed by atoms with van der Waals surface area (Å²) in [6, 6.07) is 4.01. The molecule has 29 heavy (non-hydrogen) atoms. The fourth-order valence-electron chi connectivity index (χ4n) is 3.33. The lowest BCUT2D eigenvalue weighted by molar-refractivity contribution is -0.121. The van der Waals surface area contributed by atoms with Gasteiger partial charge in [-0.25, -0.2) is 15.0 Å². The number of benzene rings is 1. The lowest BCUT2D eigenvalue weighted by atomic mass is 10.1. The average Bonchev–Trinajstić information content (AvgIpc) is 3.22. The zero-order valence-corrected chi connectivity index (χ0v) is 18.7. The number of hydrogen-bond acceptors (Lipinski definition) is 7. The van der Waals surface area contributed by atoms with Crippen LogP contribution in [0, 0.1) is 3.57 Å². The second kappa shape index (κ2) is 8.27. The molecule has 0 radical (unpaired) electrons. The monoisotopic (exact) mass is 522 g/mol. The number of carbonyl (C=O) groups excluding carboxylic acids is 2. The Labute approximate surface area is 185 Å². The van der Waals surface area contributed by atoms with Crippen LogP contribution in [0.25, 0.3) is 11.2 Å². The van der Waals surface area contributed by atoms with E-state index in [9.17, 15) is 9.59 Å². The first-order chi connectivity index (χ1) is 14.0. The molecule has 10 heteroatoms. The van der Waals surface area contributed by atoms with Crippen LogP contribution in [0.1, 0.15) is 35.7 Å². The van der Waals surface area contributed by atoms with Gasteiger partial charge in [-0.05, 0) is 53.6 Å². The third-order valence-corrected chi connectivity index (χ3v) is 7.05. The molecule has 1 aliphatic rings. The second-order valence-electron chi connectivity index (χ2n) is 6.65. The molecule has 3 aromatic rings. The molecule has 4 rings (SSSR count). The molecule has 0 atom stereocenters. The SMILES string of the molecule is CCNC(=O)CCn1c(Sc2cc3c(cc2I)CCC3=O)nc2c(N)ncnc21. The number of halogens is 1. The minimum atomic E-state index is -0.0370. The quantitative estimate of drug-likeness (QED) is 0.479. The van der Waals surface area contributed by atoms with Gasteiger partial charge in [-0.1, -0.05) is 11.8 Å². The van der Waals surface area contributed by atoms with Gasteiger partial charge in [0.05, 0.1) is 0 Å². The van der Waals surface area contributed by atoms with E-state index in [1.807, 2.05) is 17.6 Å². The number of nitrogens with one attached hydrogen (secondary N) is 1. The lowest BCUT2D eigenvalue weighted by Gasteiger charge is -2.10. The van der Waals surface area contributed by atoms with E-state index in [0.29, 0.717) is 48.1 Å². The third kappa shape index (κ3) is 3.95. The lowest BCUT2D eigenvalue weighted by Crippen LogP contribution is -2.24. The largest absolute Gasteiger partial charge is 0.382 e. The number of ketones is 1. The number of nitrogen functional groups attached to an aromatic ring is 1. The van der Waals surface area contributed by atoms with Gasteiger partial charge in [0.1, 0.15) is 6.33 Å².